The van der Waals surface area contributed by atoms with E-state index >= 15 is 0 Å². The number of carboxylic acids is 1. The largest absolute Gasteiger partial charge is 0.507 e. The Morgan fingerprint density at radius 1 is 0.789 bits per heavy atom. The van der Waals surface area contributed by atoms with Gasteiger partial charge in [-0.1, -0.05) is 30.3 Å². The minimum atomic E-state index is -1.17. The summed E-state index contributed by atoms with van der Waals surface area (Å²) in [7, 11) is 0. The minimum Gasteiger partial charge on any atom is -0.507 e. The molecule has 2 N–H and O–H groups in total. The van der Waals surface area contributed by atoms with E-state index < -0.39 is 11.8 Å². The molecule has 0 saturated carbocycles. The quantitative estimate of drug-likeness (QED) is 0.674. The number of aromatic carboxylic acids is 1. The maximum atomic E-state index is 12.2. The second-order valence-corrected chi connectivity index (χ2v) is 3.70. The van der Waals surface area contributed by atoms with Gasteiger partial charge < -0.3 is 10.2 Å². The molecule has 0 amide bonds. The molecule has 0 aliphatic rings. The standard InChI is InChI=1S/C14H10O4.Cu/c15-12-8-4-3-7-11(12)13(16)9-5-1-2-6-10(9)14(17)18;/h1-8,15H,(H,17,18);. The van der Waals surface area contributed by atoms with Crippen LogP contribution in [0.5, 0.6) is 5.75 Å². The Hall–Kier alpha value is -2.10. The molecule has 1 radical (unpaired) electrons. The van der Waals surface area contributed by atoms with Gasteiger partial charge in [-0.25, -0.2) is 4.79 Å². The van der Waals surface area contributed by atoms with Gasteiger partial charge in [0.1, 0.15) is 5.75 Å². The zero-order chi connectivity index (χ0) is 13.1. The van der Waals surface area contributed by atoms with Crippen molar-refractivity contribution in [2.45, 2.75) is 0 Å². The van der Waals surface area contributed by atoms with Crippen LogP contribution in [0.1, 0.15) is 26.3 Å². The van der Waals surface area contributed by atoms with Crippen LogP contribution in [0.2, 0.25) is 0 Å². The van der Waals surface area contributed by atoms with Crippen molar-refractivity contribution in [3.8, 4) is 5.75 Å². The summed E-state index contributed by atoms with van der Waals surface area (Å²) in [6.07, 6.45) is 0. The van der Waals surface area contributed by atoms with Gasteiger partial charge in [-0.05, 0) is 18.2 Å². The van der Waals surface area contributed by atoms with Gasteiger partial charge in [0, 0.05) is 22.6 Å². The van der Waals surface area contributed by atoms with E-state index in [1.165, 1.54) is 24.3 Å². The van der Waals surface area contributed by atoms with E-state index in [-0.39, 0.29) is 39.5 Å². The molecule has 0 saturated heterocycles. The van der Waals surface area contributed by atoms with Crippen molar-refractivity contribution in [3.63, 3.8) is 0 Å². The minimum absolute atomic E-state index is 0. The van der Waals surface area contributed by atoms with Crippen molar-refractivity contribution in [2.75, 3.05) is 0 Å². The van der Waals surface area contributed by atoms with Gasteiger partial charge in [-0.2, -0.15) is 0 Å². The normalized spacial score (nSPS) is 9.47. The Labute approximate surface area is 120 Å². The van der Waals surface area contributed by atoms with Crippen LogP contribution >= 0.6 is 0 Å². The van der Waals surface area contributed by atoms with Crippen molar-refractivity contribution in [3.05, 3.63) is 65.2 Å². The number of carbonyl (C=O) groups excluding carboxylic acids is 1. The monoisotopic (exact) mass is 305 g/mol. The van der Waals surface area contributed by atoms with Gasteiger partial charge in [0.25, 0.3) is 0 Å². The number of phenolic OH excluding ortho intramolecular Hbond substituents is 1. The molecule has 5 heteroatoms. The molecule has 2 rings (SSSR count). The summed E-state index contributed by atoms with van der Waals surface area (Å²) < 4.78 is 0. The van der Waals surface area contributed by atoms with Crippen molar-refractivity contribution in [1.82, 2.24) is 0 Å². The van der Waals surface area contributed by atoms with Crippen molar-refractivity contribution in [2.24, 2.45) is 0 Å². The second kappa shape index (κ2) is 6.18. The third-order valence-electron chi connectivity index (χ3n) is 2.55. The molecule has 101 valence electrons. The summed E-state index contributed by atoms with van der Waals surface area (Å²) in [5.74, 6) is -1.84. The Bertz CT molecular complexity index is 622. The Morgan fingerprint density at radius 3 is 1.79 bits per heavy atom. The number of para-hydroxylation sites is 1. The third kappa shape index (κ3) is 3.02. The molecule has 0 bridgehead atoms. The predicted molar refractivity (Wildman–Crippen MR) is 64.9 cm³/mol. The molecular formula is C14H10CuO4. The predicted octanol–water partition coefficient (Wildman–Crippen LogP) is 2.32. The van der Waals surface area contributed by atoms with Crippen molar-refractivity contribution in [1.29, 1.82) is 0 Å². The van der Waals surface area contributed by atoms with E-state index in [9.17, 15) is 14.7 Å². The summed E-state index contributed by atoms with van der Waals surface area (Å²) in [5, 5.41) is 18.6. The van der Waals surface area contributed by atoms with Crippen molar-refractivity contribution < 1.29 is 36.9 Å². The van der Waals surface area contributed by atoms with Crippen LogP contribution in [-0.4, -0.2) is 22.0 Å². The number of aromatic hydroxyl groups is 1. The first kappa shape index (κ1) is 15.0. The van der Waals surface area contributed by atoms with Gasteiger partial charge in [-0.15, -0.1) is 0 Å². The third-order valence-corrected chi connectivity index (χ3v) is 2.55. The molecule has 2 aromatic carbocycles. The van der Waals surface area contributed by atoms with Gasteiger partial charge in [0.2, 0.25) is 0 Å². The Kier molecular flexibility index (Phi) is 4.87. The molecule has 0 aliphatic heterocycles. The number of phenols is 1. The van der Waals surface area contributed by atoms with Crippen molar-refractivity contribution >= 4 is 11.8 Å². The number of rotatable bonds is 3. The van der Waals surface area contributed by atoms with E-state index in [0.717, 1.165) is 0 Å². The fourth-order valence-electron chi connectivity index (χ4n) is 1.68. The first-order chi connectivity index (χ1) is 8.61. The molecule has 19 heavy (non-hydrogen) atoms. The number of ketones is 1. The molecule has 0 unspecified atom stereocenters. The smallest absolute Gasteiger partial charge is 0.336 e. The molecule has 2 aromatic rings. The zero-order valence-electron chi connectivity index (χ0n) is 9.63. The van der Waals surface area contributed by atoms with Gasteiger partial charge in [0.05, 0.1) is 11.1 Å². The number of benzene rings is 2. The molecule has 0 aliphatic carbocycles. The van der Waals surface area contributed by atoms with Gasteiger partial charge >= 0.3 is 5.97 Å². The summed E-state index contributed by atoms with van der Waals surface area (Å²) in [6, 6.07) is 12.0. The second-order valence-electron chi connectivity index (χ2n) is 3.70. The fourth-order valence-corrected chi connectivity index (χ4v) is 1.68. The first-order valence-electron chi connectivity index (χ1n) is 5.26. The van der Waals surface area contributed by atoms with E-state index in [0.29, 0.717) is 0 Å². The summed E-state index contributed by atoms with van der Waals surface area (Å²) >= 11 is 0. The van der Waals surface area contributed by atoms with Gasteiger partial charge in [0.15, 0.2) is 5.78 Å². The van der Waals surface area contributed by atoms with E-state index in [1.807, 2.05) is 0 Å². The van der Waals surface area contributed by atoms with Crippen LogP contribution in [0.15, 0.2) is 48.5 Å². The molecule has 0 fully saturated rings. The summed E-state index contributed by atoms with van der Waals surface area (Å²) in [5.41, 5.74) is 0.0726. The van der Waals surface area contributed by atoms with Crippen LogP contribution in [0.3, 0.4) is 0 Å². The van der Waals surface area contributed by atoms with Crippen LogP contribution in [0.25, 0.3) is 0 Å². The topological polar surface area (TPSA) is 74.6 Å². The van der Waals surface area contributed by atoms with E-state index in [2.05, 4.69) is 0 Å². The van der Waals surface area contributed by atoms with Crippen LogP contribution in [0, 0.1) is 0 Å². The molecule has 0 atom stereocenters. The summed E-state index contributed by atoms with van der Waals surface area (Å²) in [4.78, 5) is 23.2. The van der Waals surface area contributed by atoms with E-state index in [4.69, 9.17) is 5.11 Å². The van der Waals surface area contributed by atoms with Gasteiger partial charge in [-0.3, -0.25) is 4.79 Å². The maximum Gasteiger partial charge on any atom is 0.336 e. The zero-order valence-corrected chi connectivity index (χ0v) is 10.6. The fraction of sp³-hybridized carbons (Fsp3) is 0. The van der Waals surface area contributed by atoms with Crippen LogP contribution in [0.4, 0.5) is 0 Å². The number of hydrogen-bond acceptors (Lipinski definition) is 3. The number of hydrogen-bond donors (Lipinski definition) is 2. The molecule has 0 heterocycles. The SMILES string of the molecule is O=C(O)c1ccccc1C(=O)c1ccccc1O.[Cu]. The average Bonchev–Trinajstić information content (AvgIpc) is 2.38. The molecule has 0 aromatic heterocycles. The Balaban J connectivity index is 0.00000180. The van der Waals surface area contributed by atoms with Crippen LogP contribution in [-0.2, 0) is 17.1 Å². The molecule has 4 nitrogen and oxygen atoms in total. The summed E-state index contributed by atoms with van der Waals surface area (Å²) in [6.45, 7) is 0. The molecular weight excluding hydrogens is 296 g/mol. The maximum absolute atomic E-state index is 12.2. The Morgan fingerprint density at radius 2 is 1.26 bits per heavy atom. The average molecular weight is 306 g/mol. The molecule has 0 spiro atoms. The number of carboxylic acid groups (broad SMARTS) is 1. The first-order valence-corrected chi connectivity index (χ1v) is 5.26. The van der Waals surface area contributed by atoms with E-state index in [1.54, 1.807) is 24.3 Å². The van der Waals surface area contributed by atoms with Crippen LogP contribution < -0.4 is 0 Å². The number of carbonyl (C=O) groups is 2.